The quantitative estimate of drug-likeness (QED) is 0.140. The first-order valence-electron chi connectivity index (χ1n) is 12.4. The lowest BCUT2D eigenvalue weighted by Gasteiger charge is -2.10. The summed E-state index contributed by atoms with van der Waals surface area (Å²) in [4.78, 5) is 13.0. The first-order valence-corrected chi connectivity index (χ1v) is 13.9. The van der Waals surface area contributed by atoms with Gasteiger partial charge in [-0.05, 0) is 92.2 Å². The van der Waals surface area contributed by atoms with Crippen molar-refractivity contribution in [3.63, 3.8) is 0 Å². The molecule has 0 fully saturated rings. The number of benzene rings is 4. The van der Waals surface area contributed by atoms with E-state index in [0.717, 1.165) is 28.1 Å². The fourth-order valence-electron chi connectivity index (χ4n) is 4.29. The molecule has 5 aromatic rings. The van der Waals surface area contributed by atoms with E-state index < -0.39 is 10.1 Å². The number of hydrogen-bond acceptors (Lipinski definition) is 9. The molecule has 0 amide bonds. The Bertz CT molecular complexity index is 1890. The van der Waals surface area contributed by atoms with Crippen LogP contribution in [0.2, 0.25) is 0 Å². The van der Waals surface area contributed by atoms with E-state index in [-0.39, 0.29) is 4.90 Å². The molecule has 0 saturated heterocycles. The molecule has 3 N–H and O–H groups in total. The Balaban J connectivity index is 1.38. The fraction of sp³-hybridized carbons (Fsp3) is 0.138. The Morgan fingerprint density at radius 2 is 1.40 bits per heavy atom. The van der Waals surface area contributed by atoms with Gasteiger partial charge in [0.05, 0.1) is 11.4 Å². The number of nitrogens with zero attached hydrogens (tertiary/aromatic N) is 5. The van der Waals surface area contributed by atoms with Crippen LogP contribution in [0.1, 0.15) is 22.5 Å². The summed E-state index contributed by atoms with van der Waals surface area (Å²) in [5.74, 6) is 1.38. The van der Waals surface area contributed by atoms with Crippen LogP contribution < -0.4 is 10.6 Å². The van der Waals surface area contributed by atoms with Gasteiger partial charge in [-0.2, -0.15) is 33.6 Å². The molecule has 1 aromatic heterocycles. The van der Waals surface area contributed by atoms with Crippen molar-refractivity contribution in [3.8, 4) is 0 Å². The fourth-order valence-corrected chi connectivity index (χ4v) is 5.02. The van der Waals surface area contributed by atoms with Gasteiger partial charge >= 0.3 is 0 Å². The van der Waals surface area contributed by atoms with Gasteiger partial charge in [-0.3, -0.25) is 4.55 Å². The number of anilines is 4. The number of aromatic nitrogens is 3. The highest BCUT2D eigenvalue weighted by Crippen LogP contribution is 2.32. The van der Waals surface area contributed by atoms with Gasteiger partial charge in [0.1, 0.15) is 10.7 Å². The lowest BCUT2D eigenvalue weighted by molar-refractivity contribution is 0.484. The van der Waals surface area contributed by atoms with Crippen LogP contribution in [0.4, 0.5) is 34.6 Å². The first kappa shape index (κ1) is 26.9. The minimum Gasteiger partial charge on any atom is -0.324 e. The summed E-state index contributed by atoms with van der Waals surface area (Å²) in [5, 5.41) is 16.1. The van der Waals surface area contributed by atoms with Crippen LogP contribution in [0.25, 0.3) is 10.8 Å². The highest BCUT2D eigenvalue weighted by atomic mass is 32.2. The van der Waals surface area contributed by atoms with Crippen molar-refractivity contribution in [2.45, 2.75) is 32.6 Å². The van der Waals surface area contributed by atoms with E-state index in [1.54, 1.807) is 31.2 Å². The van der Waals surface area contributed by atoms with Crippen molar-refractivity contribution >= 4 is 55.5 Å². The van der Waals surface area contributed by atoms with Crippen LogP contribution in [0.15, 0.2) is 87.9 Å². The van der Waals surface area contributed by atoms with Gasteiger partial charge in [0.2, 0.25) is 11.9 Å². The van der Waals surface area contributed by atoms with E-state index in [4.69, 9.17) is 0 Å². The van der Waals surface area contributed by atoms with Crippen molar-refractivity contribution in [2.24, 2.45) is 10.2 Å². The third kappa shape index (κ3) is 6.11. The molecular formula is C29H27N7O3S. The highest BCUT2D eigenvalue weighted by Gasteiger charge is 2.16. The maximum Gasteiger partial charge on any atom is 0.295 e. The minimum absolute atomic E-state index is 0.206. The molecule has 0 radical (unpaired) electrons. The molecule has 40 heavy (non-hydrogen) atoms. The predicted octanol–water partition coefficient (Wildman–Crippen LogP) is 7.41. The third-order valence-corrected chi connectivity index (χ3v) is 7.08. The van der Waals surface area contributed by atoms with E-state index in [2.05, 4.69) is 35.8 Å². The van der Waals surface area contributed by atoms with E-state index in [0.29, 0.717) is 39.9 Å². The van der Waals surface area contributed by atoms with Crippen LogP contribution in [-0.4, -0.2) is 27.9 Å². The Morgan fingerprint density at radius 3 is 2.08 bits per heavy atom. The maximum atomic E-state index is 12.0. The minimum atomic E-state index is -4.45. The van der Waals surface area contributed by atoms with E-state index >= 15 is 0 Å². The Morgan fingerprint density at radius 1 is 0.700 bits per heavy atom. The number of aryl methyl sites for hydroxylation is 4. The van der Waals surface area contributed by atoms with Crippen molar-refractivity contribution in [2.75, 3.05) is 10.6 Å². The molecular weight excluding hydrogens is 526 g/mol. The van der Waals surface area contributed by atoms with Crippen LogP contribution >= 0.6 is 0 Å². The molecule has 0 aliphatic carbocycles. The van der Waals surface area contributed by atoms with E-state index in [1.165, 1.54) is 6.07 Å². The summed E-state index contributed by atoms with van der Waals surface area (Å²) in [6.45, 7) is 7.56. The van der Waals surface area contributed by atoms with Crippen molar-refractivity contribution in [3.05, 3.63) is 95.3 Å². The summed E-state index contributed by atoms with van der Waals surface area (Å²) in [5.41, 5.74) is 5.34. The average Bonchev–Trinajstić information content (AvgIpc) is 2.87. The molecule has 0 aliphatic rings. The van der Waals surface area contributed by atoms with Gasteiger partial charge in [0, 0.05) is 16.8 Å². The smallest absolute Gasteiger partial charge is 0.295 e. The lowest BCUT2D eigenvalue weighted by Crippen LogP contribution is -2.05. The summed E-state index contributed by atoms with van der Waals surface area (Å²) >= 11 is 0. The van der Waals surface area contributed by atoms with Crippen molar-refractivity contribution < 1.29 is 13.0 Å². The predicted molar refractivity (Wildman–Crippen MR) is 156 cm³/mol. The van der Waals surface area contributed by atoms with Crippen LogP contribution in [0.3, 0.4) is 0 Å². The van der Waals surface area contributed by atoms with Crippen LogP contribution in [0, 0.1) is 27.7 Å². The van der Waals surface area contributed by atoms with Crippen LogP contribution in [-0.2, 0) is 10.1 Å². The van der Waals surface area contributed by atoms with Crippen molar-refractivity contribution in [1.82, 2.24) is 15.0 Å². The first-order chi connectivity index (χ1) is 19.0. The molecule has 0 aliphatic heterocycles. The molecule has 11 heteroatoms. The topological polar surface area (TPSA) is 142 Å². The maximum absolute atomic E-state index is 12.0. The number of fused-ring (bicyclic) bond motifs is 1. The highest BCUT2D eigenvalue weighted by molar-refractivity contribution is 7.86. The molecule has 0 bridgehead atoms. The lowest BCUT2D eigenvalue weighted by atomic mass is 10.1. The zero-order valence-electron chi connectivity index (χ0n) is 22.3. The molecule has 5 rings (SSSR count). The number of rotatable bonds is 7. The number of hydrogen-bond donors (Lipinski definition) is 3. The van der Waals surface area contributed by atoms with Gasteiger partial charge in [0.25, 0.3) is 10.1 Å². The Labute approximate surface area is 232 Å². The summed E-state index contributed by atoms with van der Waals surface area (Å²) in [6, 6.07) is 21.7. The molecule has 4 aromatic carbocycles. The zero-order valence-corrected chi connectivity index (χ0v) is 23.2. The third-order valence-electron chi connectivity index (χ3n) is 6.19. The van der Waals surface area contributed by atoms with Gasteiger partial charge in [-0.15, -0.1) is 0 Å². The SMILES string of the molecule is Cc1cccc(Nc2nc(C)nc(Nc3ccc(N=Nc4cc(S(=O)(=O)O)c5cccc(C)c5c4)c(C)c3)n2)c1. The second-order valence-electron chi connectivity index (χ2n) is 9.44. The van der Waals surface area contributed by atoms with Gasteiger partial charge in [0.15, 0.2) is 0 Å². The largest absolute Gasteiger partial charge is 0.324 e. The van der Waals surface area contributed by atoms with Gasteiger partial charge < -0.3 is 10.6 Å². The number of nitrogens with one attached hydrogen (secondary N) is 2. The Kier molecular flexibility index (Phi) is 7.24. The van der Waals surface area contributed by atoms with Crippen molar-refractivity contribution in [1.29, 1.82) is 0 Å². The second kappa shape index (κ2) is 10.8. The van der Waals surface area contributed by atoms with E-state index in [9.17, 15) is 13.0 Å². The molecule has 0 spiro atoms. The molecule has 10 nitrogen and oxygen atoms in total. The van der Waals surface area contributed by atoms with E-state index in [1.807, 2.05) is 63.2 Å². The van der Waals surface area contributed by atoms with Crippen LogP contribution in [0.5, 0.6) is 0 Å². The zero-order chi connectivity index (χ0) is 28.4. The summed E-state index contributed by atoms with van der Waals surface area (Å²) in [7, 11) is -4.45. The Hall–Kier alpha value is -4.74. The average molecular weight is 554 g/mol. The van der Waals surface area contributed by atoms with Gasteiger partial charge in [-0.25, -0.2) is 0 Å². The molecule has 0 unspecified atom stereocenters. The molecule has 0 atom stereocenters. The molecule has 202 valence electrons. The second-order valence-corrected chi connectivity index (χ2v) is 10.8. The normalized spacial score (nSPS) is 11.7. The van der Waals surface area contributed by atoms with Gasteiger partial charge in [-0.1, -0.05) is 30.3 Å². The monoisotopic (exact) mass is 553 g/mol. The summed E-state index contributed by atoms with van der Waals surface area (Å²) < 4.78 is 33.8. The number of azo groups is 1. The standard InChI is InChI=1S/C29H27N7O3S/c1-17-7-5-9-21(13-17)32-28-30-20(4)31-29(34-28)33-22-11-12-26(19(3)14-22)36-35-23-15-25-18(2)8-6-10-24(25)27(16-23)40(37,38)39/h5-16H,1-4H3,(H,37,38,39)(H2,30,31,32,33,34). The molecule has 0 saturated carbocycles. The molecule has 1 heterocycles. The summed E-state index contributed by atoms with van der Waals surface area (Å²) in [6.07, 6.45) is 0.